The van der Waals surface area contributed by atoms with Crippen molar-refractivity contribution in [3.63, 3.8) is 0 Å². The summed E-state index contributed by atoms with van der Waals surface area (Å²) in [6.07, 6.45) is 0. The minimum atomic E-state index is -0.731. The molecule has 1 heterocycles. The Morgan fingerprint density at radius 1 is 1.33 bits per heavy atom. The summed E-state index contributed by atoms with van der Waals surface area (Å²) < 4.78 is 4.74. The first-order valence-electron chi connectivity index (χ1n) is 4.91. The second-order valence-electron chi connectivity index (χ2n) is 3.40. The van der Waals surface area contributed by atoms with Crippen molar-refractivity contribution in [1.29, 1.82) is 0 Å². The van der Waals surface area contributed by atoms with E-state index in [2.05, 4.69) is 5.32 Å². The van der Waals surface area contributed by atoms with Gasteiger partial charge in [-0.1, -0.05) is 6.07 Å². The number of carbonyl (C=O) groups is 1. The third-order valence-corrected chi connectivity index (χ3v) is 2.10. The number of carbonyl (C=O) groups excluding carboxylic acids is 1. The van der Waals surface area contributed by atoms with Crippen LogP contribution in [-0.2, 0) is 0 Å². The van der Waals surface area contributed by atoms with Gasteiger partial charge >= 0.3 is 5.88 Å². The molecule has 2 aromatic rings. The van der Waals surface area contributed by atoms with Crippen LogP contribution in [0.15, 0.2) is 40.8 Å². The molecule has 1 amide bonds. The normalized spacial score (nSPS) is 10.0. The van der Waals surface area contributed by atoms with Crippen molar-refractivity contribution in [1.82, 2.24) is 0 Å². The molecule has 0 aliphatic rings. The molecule has 0 saturated carbocycles. The molecule has 1 aromatic heterocycles. The SMILES string of the molecule is O=C(Nc1cccc(O)c1)c1ccc([N+](=O)[O-])o1. The summed E-state index contributed by atoms with van der Waals surface area (Å²) >= 11 is 0. The highest BCUT2D eigenvalue weighted by Gasteiger charge is 2.17. The fourth-order valence-corrected chi connectivity index (χ4v) is 1.32. The Bertz CT molecular complexity index is 605. The van der Waals surface area contributed by atoms with E-state index in [1.54, 1.807) is 12.1 Å². The van der Waals surface area contributed by atoms with Gasteiger partial charge in [-0.3, -0.25) is 14.9 Å². The largest absolute Gasteiger partial charge is 0.508 e. The van der Waals surface area contributed by atoms with Gasteiger partial charge in [0.05, 0.1) is 6.07 Å². The van der Waals surface area contributed by atoms with Crippen LogP contribution in [0, 0.1) is 10.1 Å². The van der Waals surface area contributed by atoms with E-state index in [0.29, 0.717) is 5.69 Å². The van der Waals surface area contributed by atoms with Gasteiger partial charge in [-0.05, 0) is 18.2 Å². The second-order valence-corrected chi connectivity index (χ2v) is 3.40. The van der Waals surface area contributed by atoms with E-state index in [9.17, 15) is 20.0 Å². The summed E-state index contributed by atoms with van der Waals surface area (Å²) in [5, 5.41) is 22.0. The van der Waals surface area contributed by atoms with Crippen LogP contribution in [0.3, 0.4) is 0 Å². The number of amides is 1. The van der Waals surface area contributed by atoms with E-state index in [4.69, 9.17) is 4.42 Å². The van der Waals surface area contributed by atoms with Gasteiger partial charge in [-0.25, -0.2) is 0 Å². The highest BCUT2D eigenvalue weighted by molar-refractivity contribution is 6.02. The Morgan fingerprint density at radius 3 is 2.72 bits per heavy atom. The summed E-state index contributed by atoms with van der Waals surface area (Å²) in [6, 6.07) is 8.21. The lowest BCUT2D eigenvalue weighted by atomic mass is 10.3. The van der Waals surface area contributed by atoms with Crippen molar-refractivity contribution < 1.29 is 19.2 Å². The Labute approximate surface area is 101 Å². The van der Waals surface area contributed by atoms with Crippen molar-refractivity contribution in [2.45, 2.75) is 0 Å². The first-order valence-corrected chi connectivity index (χ1v) is 4.91. The van der Waals surface area contributed by atoms with E-state index in [-0.39, 0.29) is 11.5 Å². The lowest BCUT2D eigenvalue weighted by Gasteiger charge is -2.02. The van der Waals surface area contributed by atoms with Gasteiger partial charge < -0.3 is 14.8 Å². The van der Waals surface area contributed by atoms with E-state index in [1.165, 1.54) is 18.2 Å². The quantitative estimate of drug-likeness (QED) is 0.639. The predicted octanol–water partition coefficient (Wildman–Crippen LogP) is 2.15. The number of phenolic OH excluding ortho intramolecular Hbond substituents is 1. The lowest BCUT2D eigenvalue weighted by molar-refractivity contribution is -0.402. The maximum Gasteiger partial charge on any atom is 0.433 e. The van der Waals surface area contributed by atoms with E-state index in [0.717, 1.165) is 6.07 Å². The molecule has 1 aromatic carbocycles. The van der Waals surface area contributed by atoms with Gasteiger partial charge in [0.15, 0.2) is 5.76 Å². The summed E-state index contributed by atoms with van der Waals surface area (Å²) in [7, 11) is 0. The molecule has 0 spiro atoms. The molecular weight excluding hydrogens is 240 g/mol. The first-order chi connectivity index (χ1) is 8.56. The number of phenols is 1. The number of rotatable bonds is 3. The number of nitrogens with one attached hydrogen (secondary N) is 1. The summed E-state index contributed by atoms with van der Waals surface area (Å²) in [5.41, 5.74) is 0.360. The number of furan rings is 1. The molecule has 18 heavy (non-hydrogen) atoms. The van der Waals surface area contributed by atoms with Gasteiger partial charge in [-0.2, -0.15) is 0 Å². The zero-order chi connectivity index (χ0) is 13.1. The van der Waals surface area contributed by atoms with Crippen molar-refractivity contribution in [2.75, 3.05) is 5.32 Å². The van der Waals surface area contributed by atoms with Crippen LogP contribution in [0.5, 0.6) is 5.75 Å². The second kappa shape index (κ2) is 4.58. The average molecular weight is 248 g/mol. The van der Waals surface area contributed by atoms with E-state index >= 15 is 0 Å². The molecule has 0 atom stereocenters. The fourth-order valence-electron chi connectivity index (χ4n) is 1.32. The van der Waals surface area contributed by atoms with Crippen LogP contribution in [0.25, 0.3) is 0 Å². The van der Waals surface area contributed by atoms with Crippen molar-refractivity contribution >= 4 is 17.5 Å². The number of aromatic hydroxyl groups is 1. The third kappa shape index (κ3) is 2.46. The molecule has 2 rings (SSSR count). The number of anilines is 1. The number of nitrogens with zero attached hydrogens (tertiary/aromatic N) is 1. The monoisotopic (exact) mass is 248 g/mol. The molecule has 7 nitrogen and oxygen atoms in total. The topological polar surface area (TPSA) is 106 Å². The minimum absolute atomic E-state index is 0.00164. The zero-order valence-corrected chi connectivity index (χ0v) is 8.99. The number of hydrogen-bond donors (Lipinski definition) is 2. The molecule has 0 aliphatic carbocycles. The molecule has 0 fully saturated rings. The predicted molar refractivity (Wildman–Crippen MR) is 61.4 cm³/mol. The molecule has 0 aliphatic heterocycles. The molecule has 0 saturated heterocycles. The number of nitro groups is 1. The molecule has 7 heteroatoms. The minimum Gasteiger partial charge on any atom is -0.508 e. The first kappa shape index (κ1) is 11.6. The van der Waals surface area contributed by atoms with Gasteiger partial charge in [0, 0.05) is 11.8 Å². The van der Waals surface area contributed by atoms with Crippen LogP contribution in [0.2, 0.25) is 0 Å². The van der Waals surface area contributed by atoms with Gasteiger partial charge in [-0.15, -0.1) is 0 Å². The average Bonchev–Trinajstić information content (AvgIpc) is 2.78. The smallest absolute Gasteiger partial charge is 0.433 e. The van der Waals surface area contributed by atoms with Crippen LogP contribution in [0.4, 0.5) is 11.6 Å². The van der Waals surface area contributed by atoms with Crippen molar-refractivity contribution in [2.24, 2.45) is 0 Å². The highest BCUT2D eigenvalue weighted by atomic mass is 16.6. The van der Waals surface area contributed by atoms with Crippen LogP contribution < -0.4 is 5.32 Å². The molecule has 92 valence electrons. The highest BCUT2D eigenvalue weighted by Crippen LogP contribution is 2.19. The molecule has 0 unspecified atom stereocenters. The summed E-state index contributed by atoms with van der Waals surface area (Å²) in [6.45, 7) is 0. The maximum atomic E-state index is 11.7. The van der Waals surface area contributed by atoms with Crippen molar-refractivity contribution in [3.05, 3.63) is 52.3 Å². The summed E-state index contributed by atoms with van der Waals surface area (Å²) in [5.74, 6) is -1.31. The van der Waals surface area contributed by atoms with Crippen LogP contribution in [-0.4, -0.2) is 15.9 Å². The Kier molecular flexibility index (Phi) is 2.96. The number of benzene rings is 1. The van der Waals surface area contributed by atoms with Crippen LogP contribution >= 0.6 is 0 Å². The maximum absolute atomic E-state index is 11.7. The Hall–Kier alpha value is -2.83. The fraction of sp³-hybridized carbons (Fsp3) is 0. The standard InChI is InChI=1S/C11H8N2O5/c14-8-3-1-2-7(6-8)12-11(15)9-4-5-10(18-9)13(16)17/h1-6,14H,(H,12,15). The molecule has 0 radical (unpaired) electrons. The van der Waals surface area contributed by atoms with E-state index < -0.39 is 16.7 Å². The van der Waals surface area contributed by atoms with E-state index in [1.807, 2.05) is 0 Å². The number of hydrogen-bond acceptors (Lipinski definition) is 5. The third-order valence-electron chi connectivity index (χ3n) is 2.10. The van der Waals surface area contributed by atoms with Crippen molar-refractivity contribution in [3.8, 4) is 5.75 Å². The van der Waals surface area contributed by atoms with Crippen LogP contribution in [0.1, 0.15) is 10.6 Å². The Balaban J connectivity index is 2.14. The molecule has 2 N–H and O–H groups in total. The van der Waals surface area contributed by atoms with Gasteiger partial charge in [0.1, 0.15) is 10.7 Å². The zero-order valence-electron chi connectivity index (χ0n) is 8.99. The Morgan fingerprint density at radius 2 is 2.11 bits per heavy atom. The summed E-state index contributed by atoms with van der Waals surface area (Å²) in [4.78, 5) is 21.3. The molecular formula is C11H8N2O5. The molecule has 0 bridgehead atoms. The van der Waals surface area contributed by atoms with Gasteiger partial charge in [0.2, 0.25) is 0 Å². The lowest BCUT2D eigenvalue weighted by Crippen LogP contribution is -2.10. The van der Waals surface area contributed by atoms with Gasteiger partial charge in [0.25, 0.3) is 5.91 Å².